The van der Waals surface area contributed by atoms with E-state index >= 15 is 0 Å². The number of nitrogens with one attached hydrogen (secondary N) is 2. The van der Waals surface area contributed by atoms with Crippen molar-refractivity contribution in [3.8, 4) is 0 Å². The van der Waals surface area contributed by atoms with Crippen molar-refractivity contribution in [2.24, 2.45) is 5.92 Å². The van der Waals surface area contributed by atoms with Crippen LogP contribution >= 0.6 is 23.2 Å². The second-order valence-electron chi connectivity index (χ2n) is 5.72. The van der Waals surface area contributed by atoms with Gasteiger partial charge in [0.2, 0.25) is 5.91 Å². The van der Waals surface area contributed by atoms with Crippen LogP contribution in [0.25, 0.3) is 0 Å². The van der Waals surface area contributed by atoms with Crippen LogP contribution < -0.4 is 10.6 Å². The number of halogens is 2. The van der Waals surface area contributed by atoms with E-state index in [9.17, 15) is 9.59 Å². The smallest absolute Gasteiger partial charge is 0.251 e. The van der Waals surface area contributed by atoms with E-state index in [1.54, 1.807) is 12.1 Å². The number of rotatable bonds is 5. The standard InChI is InChI=1S/C16H21Cl2N3O2/c1-19-8-11-3-2-6-21(10-11)15(22)9-20-16(23)12-4-5-13(17)14(18)7-12/h4-5,7,11,19H,2-3,6,8-10H2,1H3,(H,20,23). The highest BCUT2D eigenvalue weighted by Gasteiger charge is 2.23. The summed E-state index contributed by atoms with van der Waals surface area (Å²) in [6.07, 6.45) is 2.12. The van der Waals surface area contributed by atoms with Crippen LogP contribution in [0.2, 0.25) is 10.0 Å². The van der Waals surface area contributed by atoms with Crippen LogP contribution in [0.4, 0.5) is 0 Å². The Hall–Kier alpha value is -1.30. The van der Waals surface area contributed by atoms with Gasteiger partial charge in [-0.2, -0.15) is 0 Å². The fourth-order valence-corrected chi connectivity index (χ4v) is 3.05. The summed E-state index contributed by atoms with van der Waals surface area (Å²) in [5.41, 5.74) is 0.388. The number of benzene rings is 1. The van der Waals surface area contributed by atoms with Gasteiger partial charge in [0.1, 0.15) is 0 Å². The molecule has 5 nitrogen and oxygen atoms in total. The van der Waals surface area contributed by atoms with Crippen molar-refractivity contribution in [3.05, 3.63) is 33.8 Å². The molecular weight excluding hydrogens is 337 g/mol. The predicted octanol–water partition coefficient (Wildman–Crippen LogP) is 2.18. The second-order valence-corrected chi connectivity index (χ2v) is 6.53. The van der Waals surface area contributed by atoms with Gasteiger partial charge >= 0.3 is 0 Å². The number of carbonyl (C=O) groups is 2. The molecular formula is C16H21Cl2N3O2. The Kier molecular flexibility index (Phi) is 6.69. The van der Waals surface area contributed by atoms with Crippen molar-refractivity contribution in [1.29, 1.82) is 0 Å². The van der Waals surface area contributed by atoms with Gasteiger partial charge in [0, 0.05) is 18.7 Å². The minimum Gasteiger partial charge on any atom is -0.343 e. The van der Waals surface area contributed by atoms with Crippen LogP contribution in [0.1, 0.15) is 23.2 Å². The first-order chi connectivity index (χ1) is 11.0. The van der Waals surface area contributed by atoms with E-state index in [-0.39, 0.29) is 18.4 Å². The summed E-state index contributed by atoms with van der Waals surface area (Å²) in [5.74, 6) is 0.0865. The maximum Gasteiger partial charge on any atom is 0.251 e. The van der Waals surface area contributed by atoms with Gasteiger partial charge in [-0.15, -0.1) is 0 Å². The van der Waals surface area contributed by atoms with Crippen LogP contribution in [0.3, 0.4) is 0 Å². The normalized spacial score (nSPS) is 17.9. The molecule has 1 unspecified atom stereocenters. The molecule has 0 radical (unpaired) electrons. The molecule has 1 saturated heterocycles. The summed E-state index contributed by atoms with van der Waals surface area (Å²) < 4.78 is 0. The molecule has 2 N–H and O–H groups in total. The molecule has 1 aliphatic rings. The zero-order valence-electron chi connectivity index (χ0n) is 13.1. The average molecular weight is 358 g/mol. The average Bonchev–Trinajstić information content (AvgIpc) is 2.55. The highest BCUT2D eigenvalue weighted by Crippen LogP contribution is 2.22. The number of carbonyl (C=O) groups excluding carboxylic acids is 2. The van der Waals surface area contributed by atoms with Crippen LogP contribution in [-0.2, 0) is 4.79 Å². The Morgan fingerprint density at radius 2 is 2.09 bits per heavy atom. The number of hydrogen-bond acceptors (Lipinski definition) is 3. The Labute approximate surface area is 146 Å². The van der Waals surface area contributed by atoms with Gasteiger partial charge in [-0.1, -0.05) is 23.2 Å². The largest absolute Gasteiger partial charge is 0.343 e. The van der Waals surface area contributed by atoms with Crippen LogP contribution in [-0.4, -0.2) is 49.9 Å². The Morgan fingerprint density at radius 3 is 2.78 bits per heavy atom. The van der Waals surface area contributed by atoms with Crippen molar-refractivity contribution < 1.29 is 9.59 Å². The molecule has 7 heteroatoms. The van der Waals surface area contributed by atoms with Gasteiger partial charge < -0.3 is 15.5 Å². The minimum absolute atomic E-state index is 0.00858. The molecule has 0 aliphatic carbocycles. The van der Waals surface area contributed by atoms with E-state index in [2.05, 4.69) is 10.6 Å². The summed E-state index contributed by atoms with van der Waals surface area (Å²) >= 11 is 11.7. The fourth-order valence-electron chi connectivity index (χ4n) is 2.75. The van der Waals surface area contributed by atoms with Gasteiger partial charge in [-0.25, -0.2) is 0 Å². The van der Waals surface area contributed by atoms with E-state index in [0.29, 0.717) is 21.5 Å². The summed E-state index contributed by atoms with van der Waals surface area (Å²) in [5, 5.41) is 6.50. The van der Waals surface area contributed by atoms with E-state index < -0.39 is 0 Å². The zero-order valence-corrected chi connectivity index (χ0v) is 14.6. The molecule has 0 aromatic heterocycles. The molecule has 126 valence electrons. The molecule has 1 fully saturated rings. The highest BCUT2D eigenvalue weighted by molar-refractivity contribution is 6.42. The molecule has 0 bridgehead atoms. The van der Waals surface area contributed by atoms with Gasteiger partial charge in [-0.05, 0) is 50.6 Å². The lowest BCUT2D eigenvalue weighted by Crippen LogP contribution is -2.46. The third-order valence-corrected chi connectivity index (χ3v) is 4.69. The first-order valence-electron chi connectivity index (χ1n) is 7.67. The van der Waals surface area contributed by atoms with E-state index in [1.165, 1.54) is 6.07 Å². The van der Waals surface area contributed by atoms with Crippen LogP contribution in [0, 0.1) is 5.92 Å². The van der Waals surface area contributed by atoms with E-state index in [0.717, 1.165) is 32.5 Å². The summed E-state index contributed by atoms with van der Waals surface area (Å²) in [7, 11) is 1.91. The number of nitrogens with zero attached hydrogens (tertiary/aromatic N) is 1. The van der Waals surface area contributed by atoms with E-state index in [1.807, 2.05) is 11.9 Å². The third kappa shape index (κ3) is 5.09. The predicted molar refractivity (Wildman–Crippen MR) is 92.0 cm³/mol. The fraction of sp³-hybridized carbons (Fsp3) is 0.500. The number of hydrogen-bond donors (Lipinski definition) is 2. The second kappa shape index (κ2) is 8.52. The maximum absolute atomic E-state index is 12.2. The Bertz CT molecular complexity index is 578. The first-order valence-corrected chi connectivity index (χ1v) is 8.42. The maximum atomic E-state index is 12.2. The van der Waals surface area contributed by atoms with Crippen molar-refractivity contribution >= 4 is 35.0 Å². The Morgan fingerprint density at radius 1 is 1.30 bits per heavy atom. The quantitative estimate of drug-likeness (QED) is 0.848. The number of amides is 2. The Balaban J connectivity index is 1.85. The van der Waals surface area contributed by atoms with E-state index in [4.69, 9.17) is 23.2 Å². The lowest BCUT2D eigenvalue weighted by molar-refractivity contribution is -0.131. The lowest BCUT2D eigenvalue weighted by Gasteiger charge is -2.32. The molecule has 23 heavy (non-hydrogen) atoms. The topological polar surface area (TPSA) is 61.4 Å². The van der Waals surface area contributed by atoms with Gasteiger partial charge in [0.05, 0.1) is 16.6 Å². The monoisotopic (exact) mass is 357 g/mol. The van der Waals surface area contributed by atoms with Gasteiger partial charge in [-0.3, -0.25) is 9.59 Å². The van der Waals surface area contributed by atoms with Gasteiger partial charge in [0.15, 0.2) is 0 Å². The SMILES string of the molecule is CNCC1CCCN(C(=O)CNC(=O)c2ccc(Cl)c(Cl)c2)C1. The number of piperidine rings is 1. The summed E-state index contributed by atoms with van der Waals surface area (Å²) in [4.78, 5) is 26.1. The third-order valence-electron chi connectivity index (χ3n) is 3.95. The molecule has 0 spiro atoms. The van der Waals surface area contributed by atoms with Crippen molar-refractivity contribution in [1.82, 2.24) is 15.5 Å². The molecule has 2 amide bonds. The highest BCUT2D eigenvalue weighted by atomic mass is 35.5. The molecule has 1 aliphatic heterocycles. The van der Waals surface area contributed by atoms with Crippen LogP contribution in [0.5, 0.6) is 0 Å². The van der Waals surface area contributed by atoms with Crippen molar-refractivity contribution in [3.63, 3.8) is 0 Å². The first kappa shape index (κ1) is 18.0. The molecule has 1 aromatic rings. The number of likely N-dealkylation sites (tertiary alicyclic amines) is 1. The summed E-state index contributed by atoms with van der Waals surface area (Å²) in [6.45, 7) is 2.38. The molecule has 1 aromatic carbocycles. The molecule has 1 heterocycles. The van der Waals surface area contributed by atoms with Crippen molar-refractivity contribution in [2.75, 3.05) is 33.2 Å². The van der Waals surface area contributed by atoms with Gasteiger partial charge in [0.25, 0.3) is 5.91 Å². The molecule has 0 saturated carbocycles. The minimum atomic E-state index is -0.333. The lowest BCUT2D eigenvalue weighted by atomic mass is 9.98. The molecule has 1 atom stereocenters. The summed E-state index contributed by atoms with van der Waals surface area (Å²) in [6, 6.07) is 4.64. The van der Waals surface area contributed by atoms with Crippen molar-refractivity contribution in [2.45, 2.75) is 12.8 Å². The zero-order chi connectivity index (χ0) is 16.8. The molecule has 2 rings (SSSR count). The van der Waals surface area contributed by atoms with Crippen LogP contribution in [0.15, 0.2) is 18.2 Å².